The predicted octanol–water partition coefficient (Wildman–Crippen LogP) is 1.18. The van der Waals surface area contributed by atoms with Crippen molar-refractivity contribution in [2.24, 2.45) is 5.73 Å². The molecule has 17 heavy (non-hydrogen) atoms. The van der Waals surface area contributed by atoms with Crippen LogP contribution < -0.4 is 5.73 Å². The van der Waals surface area contributed by atoms with E-state index in [1.807, 2.05) is 18.2 Å². The normalized spacial score (nSPS) is 24.5. The van der Waals surface area contributed by atoms with Gasteiger partial charge in [0, 0.05) is 19.5 Å². The van der Waals surface area contributed by atoms with E-state index in [1.165, 1.54) is 0 Å². The Kier molecular flexibility index (Phi) is 3.12. The van der Waals surface area contributed by atoms with Crippen LogP contribution in [0.5, 0.6) is 0 Å². The van der Waals surface area contributed by atoms with Crippen LogP contribution in [0.3, 0.4) is 0 Å². The van der Waals surface area contributed by atoms with Crippen LogP contribution >= 0.6 is 0 Å². The molecule has 2 atom stereocenters. The first-order chi connectivity index (χ1) is 8.15. The van der Waals surface area contributed by atoms with Crippen molar-refractivity contribution in [3.8, 4) is 6.07 Å². The Labute approximate surface area is 101 Å². The Balaban J connectivity index is 2.43. The molecule has 1 aromatic carbocycles. The average molecular weight is 229 g/mol. The fourth-order valence-corrected chi connectivity index (χ4v) is 2.36. The van der Waals surface area contributed by atoms with Crippen molar-refractivity contribution in [1.82, 2.24) is 4.90 Å². The molecule has 0 spiro atoms. The van der Waals surface area contributed by atoms with Crippen molar-refractivity contribution in [3.63, 3.8) is 0 Å². The van der Waals surface area contributed by atoms with Gasteiger partial charge in [-0.05, 0) is 18.1 Å². The Morgan fingerprint density at radius 3 is 2.88 bits per heavy atom. The Bertz CT molecular complexity index is 478. The summed E-state index contributed by atoms with van der Waals surface area (Å²) in [5.41, 5.74) is 7.52. The molecule has 1 heterocycles. The van der Waals surface area contributed by atoms with Gasteiger partial charge in [-0.15, -0.1) is 0 Å². The number of nitrogens with two attached hydrogens (primary N) is 1. The lowest BCUT2D eigenvalue weighted by atomic mass is 9.89. The minimum atomic E-state index is -0.188. The first-order valence-electron chi connectivity index (χ1n) is 5.65. The van der Waals surface area contributed by atoms with Crippen LogP contribution in [-0.4, -0.2) is 23.9 Å². The molecule has 88 valence electrons. The molecule has 0 radical (unpaired) electrons. The van der Waals surface area contributed by atoms with Gasteiger partial charge >= 0.3 is 0 Å². The fraction of sp³-hybridized carbons (Fsp3) is 0.385. The van der Waals surface area contributed by atoms with Gasteiger partial charge in [-0.25, -0.2) is 0 Å². The van der Waals surface area contributed by atoms with Crippen molar-refractivity contribution in [3.05, 3.63) is 35.4 Å². The van der Waals surface area contributed by atoms with Gasteiger partial charge in [-0.3, -0.25) is 4.79 Å². The van der Waals surface area contributed by atoms with Gasteiger partial charge in [0.15, 0.2) is 0 Å². The highest BCUT2D eigenvalue weighted by atomic mass is 16.2. The first kappa shape index (κ1) is 11.6. The summed E-state index contributed by atoms with van der Waals surface area (Å²) in [6, 6.07) is 9.18. The van der Waals surface area contributed by atoms with Crippen molar-refractivity contribution >= 4 is 5.91 Å². The highest BCUT2D eigenvalue weighted by Crippen LogP contribution is 2.31. The molecule has 2 unspecified atom stereocenters. The summed E-state index contributed by atoms with van der Waals surface area (Å²) in [6.07, 6.45) is 1.16. The summed E-state index contributed by atoms with van der Waals surface area (Å²) in [5.74, 6) is 0.0874. The number of likely N-dealkylation sites (N-methyl/N-ethyl adjacent to an activating group) is 1. The molecule has 1 saturated heterocycles. The Hall–Kier alpha value is -1.86. The molecule has 1 fully saturated rings. The number of carbonyl (C=O) groups excluding carboxylic acids is 1. The molecular formula is C13H15N3O. The molecule has 4 heteroatoms. The van der Waals surface area contributed by atoms with E-state index in [4.69, 9.17) is 11.0 Å². The zero-order chi connectivity index (χ0) is 12.4. The van der Waals surface area contributed by atoms with E-state index in [0.717, 1.165) is 5.56 Å². The van der Waals surface area contributed by atoms with E-state index < -0.39 is 0 Å². The lowest BCUT2D eigenvalue weighted by molar-refractivity contribution is -0.135. The molecule has 1 aliphatic heterocycles. The molecule has 0 saturated carbocycles. The van der Waals surface area contributed by atoms with Crippen LogP contribution in [0.15, 0.2) is 24.3 Å². The van der Waals surface area contributed by atoms with Crippen LogP contribution in [0.2, 0.25) is 0 Å². The highest BCUT2D eigenvalue weighted by molar-refractivity contribution is 5.77. The molecule has 2 N–H and O–H groups in total. The van der Waals surface area contributed by atoms with Crippen molar-refractivity contribution in [2.75, 3.05) is 7.05 Å². The maximum Gasteiger partial charge on any atom is 0.222 e. The summed E-state index contributed by atoms with van der Waals surface area (Å²) in [7, 11) is 1.75. The summed E-state index contributed by atoms with van der Waals surface area (Å²) >= 11 is 0. The largest absolute Gasteiger partial charge is 0.337 e. The number of carbonyl (C=O) groups is 1. The zero-order valence-electron chi connectivity index (χ0n) is 9.76. The second kappa shape index (κ2) is 4.56. The topological polar surface area (TPSA) is 70.1 Å². The van der Waals surface area contributed by atoms with Gasteiger partial charge in [0.2, 0.25) is 5.91 Å². The molecule has 0 aromatic heterocycles. The minimum Gasteiger partial charge on any atom is -0.337 e. The zero-order valence-corrected chi connectivity index (χ0v) is 9.76. The minimum absolute atomic E-state index is 0.0874. The third kappa shape index (κ3) is 2.02. The van der Waals surface area contributed by atoms with Gasteiger partial charge < -0.3 is 10.6 Å². The summed E-state index contributed by atoms with van der Waals surface area (Å²) < 4.78 is 0. The van der Waals surface area contributed by atoms with Crippen LogP contribution in [0.4, 0.5) is 0 Å². The average Bonchev–Trinajstić information content (AvgIpc) is 2.35. The van der Waals surface area contributed by atoms with E-state index >= 15 is 0 Å². The first-order valence-corrected chi connectivity index (χ1v) is 5.65. The molecular weight excluding hydrogens is 214 g/mol. The second-order valence-corrected chi connectivity index (χ2v) is 4.35. The molecule has 0 bridgehead atoms. The molecule has 1 amide bonds. The quantitative estimate of drug-likeness (QED) is 0.786. The number of rotatable bonds is 1. The van der Waals surface area contributed by atoms with Gasteiger partial charge in [-0.1, -0.05) is 18.2 Å². The molecule has 4 nitrogen and oxygen atoms in total. The van der Waals surface area contributed by atoms with Crippen LogP contribution in [-0.2, 0) is 4.79 Å². The number of piperidine rings is 1. The third-order valence-electron chi connectivity index (χ3n) is 3.31. The van der Waals surface area contributed by atoms with Crippen LogP contribution in [0, 0.1) is 11.3 Å². The maximum absolute atomic E-state index is 11.7. The summed E-state index contributed by atoms with van der Waals surface area (Å²) in [6.45, 7) is 0. The van der Waals surface area contributed by atoms with Gasteiger partial charge in [0.05, 0.1) is 17.7 Å². The lowest BCUT2D eigenvalue weighted by Crippen LogP contribution is -2.47. The number of benzene rings is 1. The van der Waals surface area contributed by atoms with E-state index in [0.29, 0.717) is 18.4 Å². The van der Waals surface area contributed by atoms with Gasteiger partial charge in [-0.2, -0.15) is 5.26 Å². The van der Waals surface area contributed by atoms with E-state index in [-0.39, 0.29) is 18.0 Å². The van der Waals surface area contributed by atoms with Crippen molar-refractivity contribution < 1.29 is 4.79 Å². The smallest absolute Gasteiger partial charge is 0.222 e. The van der Waals surface area contributed by atoms with E-state index in [9.17, 15) is 4.79 Å². The Morgan fingerprint density at radius 1 is 1.47 bits per heavy atom. The molecule has 1 aromatic rings. The van der Waals surface area contributed by atoms with Gasteiger partial charge in [0.1, 0.15) is 0 Å². The number of likely N-dealkylation sites (tertiary alicyclic amines) is 1. The number of hydrogen-bond acceptors (Lipinski definition) is 3. The highest BCUT2D eigenvalue weighted by Gasteiger charge is 2.33. The fourth-order valence-electron chi connectivity index (χ4n) is 2.36. The molecule has 1 aliphatic rings. The number of hydrogen-bond donors (Lipinski definition) is 1. The molecule has 2 rings (SSSR count). The second-order valence-electron chi connectivity index (χ2n) is 4.35. The van der Waals surface area contributed by atoms with E-state index in [1.54, 1.807) is 18.0 Å². The van der Waals surface area contributed by atoms with Crippen molar-refractivity contribution in [1.29, 1.82) is 5.26 Å². The van der Waals surface area contributed by atoms with Crippen molar-refractivity contribution in [2.45, 2.75) is 24.9 Å². The summed E-state index contributed by atoms with van der Waals surface area (Å²) in [4.78, 5) is 13.4. The number of nitriles is 1. The predicted molar refractivity (Wildman–Crippen MR) is 63.9 cm³/mol. The monoisotopic (exact) mass is 229 g/mol. The van der Waals surface area contributed by atoms with Gasteiger partial charge in [0.25, 0.3) is 0 Å². The Morgan fingerprint density at radius 2 is 2.18 bits per heavy atom. The van der Waals surface area contributed by atoms with Crippen LogP contribution in [0.25, 0.3) is 0 Å². The maximum atomic E-state index is 11.7. The third-order valence-corrected chi connectivity index (χ3v) is 3.31. The van der Waals surface area contributed by atoms with E-state index in [2.05, 4.69) is 6.07 Å². The summed E-state index contributed by atoms with van der Waals surface area (Å²) in [5, 5.41) is 9.09. The lowest BCUT2D eigenvalue weighted by Gasteiger charge is -2.37. The SMILES string of the molecule is CN1C(=O)CCC(N)C1c1ccccc1C#N. The number of nitrogens with zero attached hydrogens (tertiary/aromatic N) is 2. The molecule has 0 aliphatic carbocycles. The van der Waals surface area contributed by atoms with Crippen LogP contribution in [0.1, 0.15) is 30.0 Å². The number of amides is 1. The standard InChI is InChI=1S/C13H15N3O/c1-16-12(17)7-6-11(15)13(16)10-5-3-2-4-9(10)8-14/h2-5,11,13H,6-7,15H2,1H3.